The van der Waals surface area contributed by atoms with Crippen LogP contribution in [0.15, 0.2) is 40.9 Å². The Hall–Kier alpha value is -1.55. The molecule has 4 heteroatoms. The van der Waals surface area contributed by atoms with Crippen molar-refractivity contribution in [3.63, 3.8) is 0 Å². The van der Waals surface area contributed by atoms with E-state index in [1.54, 1.807) is 12.1 Å². The summed E-state index contributed by atoms with van der Waals surface area (Å²) in [5.74, 6) is 0.257. The van der Waals surface area contributed by atoms with Crippen molar-refractivity contribution in [3.05, 3.63) is 57.8 Å². The standard InChI is InChI=1S/C15H15BrFNO/c1-10-3-6-15(13(16)7-10)18-9-11-4-5-12(19-2)8-14(11)17/h3-8,18H,9H2,1-2H3. The minimum atomic E-state index is -0.268. The van der Waals surface area contributed by atoms with E-state index in [4.69, 9.17) is 4.74 Å². The SMILES string of the molecule is COc1ccc(CNc2ccc(C)cc2Br)c(F)c1. The summed E-state index contributed by atoms with van der Waals surface area (Å²) in [6.07, 6.45) is 0. The van der Waals surface area contributed by atoms with E-state index in [1.807, 2.05) is 25.1 Å². The lowest BCUT2D eigenvalue weighted by Gasteiger charge is -2.10. The summed E-state index contributed by atoms with van der Waals surface area (Å²) in [5, 5.41) is 3.21. The van der Waals surface area contributed by atoms with Crippen molar-refractivity contribution in [1.82, 2.24) is 0 Å². The highest BCUT2D eigenvalue weighted by molar-refractivity contribution is 9.10. The number of halogens is 2. The van der Waals surface area contributed by atoms with Gasteiger partial charge in [0.15, 0.2) is 0 Å². The lowest BCUT2D eigenvalue weighted by Crippen LogP contribution is -2.02. The van der Waals surface area contributed by atoms with Gasteiger partial charge in [-0.15, -0.1) is 0 Å². The van der Waals surface area contributed by atoms with E-state index >= 15 is 0 Å². The largest absolute Gasteiger partial charge is 0.497 e. The number of nitrogens with one attached hydrogen (secondary N) is 1. The van der Waals surface area contributed by atoms with Crippen LogP contribution in [0, 0.1) is 12.7 Å². The second kappa shape index (κ2) is 6.06. The number of rotatable bonds is 4. The second-order valence-corrected chi connectivity index (χ2v) is 5.15. The second-order valence-electron chi connectivity index (χ2n) is 4.29. The van der Waals surface area contributed by atoms with Crippen LogP contribution < -0.4 is 10.1 Å². The topological polar surface area (TPSA) is 21.3 Å². The molecule has 0 radical (unpaired) electrons. The third kappa shape index (κ3) is 3.47. The summed E-state index contributed by atoms with van der Waals surface area (Å²) in [6.45, 7) is 2.45. The van der Waals surface area contributed by atoms with Crippen LogP contribution in [0.3, 0.4) is 0 Å². The van der Waals surface area contributed by atoms with Crippen LogP contribution in [0.25, 0.3) is 0 Å². The van der Waals surface area contributed by atoms with Gasteiger partial charge in [-0.2, -0.15) is 0 Å². The van der Waals surface area contributed by atoms with Crippen molar-refractivity contribution in [3.8, 4) is 5.75 Å². The molecule has 100 valence electrons. The highest BCUT2D eigenvalue weighted by Gasteiger charge is 2.05. The fraction of sp³-hybridized carbons (Fsp3) is 0.200. The Balaban J connectivity index is 2.10. The average molecular weight is 324 g/mol. The molecule has 0 aliphatic heterocycles. The van der Waals surface area contributed by atoms with E-state index in [-0.39, 0.29) is 5.82 Å². The maximum Gasteiger partial charge on any atom is 0.131 e. The molecule has 0 bridgehead atoms. The van der Waals surface area contributed by atoms with Gasteiger partial charge in [0.2, 0.25) is 0 Å². The van der Waals surface area contributed by atoms with Crippen LogP contribution in [0.4, 0.5) is 10.1 Å². The number of anilines is 1. The molecule has 2 aromatic carbocycles. The summed E-state index contributed by atoms with van der Waals surface area (Å²) in [5.41, 5.74) is 2.72. The molecule has 0 aliphatic rings. The molecule has 1 N–H and O–H groups in total. The third-order valence-electron chi connectivity index (χ3n) is 2.85. The zero-order valence-electron chi connectivity index (χ0n) is 10.8. The van der Waals surface area contributed by atoms with Crippen LogP contribution >= 0.6 is 15.9 Å². The van der Waals surface area contributed by atoms with Gasteiger partial charge in [-0.25, -0.2) is 4.39 Å². The van der Waals surface area contributed by atoms with Gasteiger partial charge in [-0.1, -0.05) is 12.1 Å². The summed E-state index contributed by atoms with van der Waals surface area (Å²) < 4.78 is 19.7. The molecule has 2 nitrogen and oxygen atoms in total. The molecule has 0 spiro atoms. The van der Waals surface area contributed by atoms with E-state index in [0.29, 0.717) is 17.9 Å². The Bertz CT molecular complexity index is 586. The normalized spacial score (nSPS) is 10.3. The van der Waals surface area contributed by atoms with Crippen LogP contribution in [-0.2, 0) is 6.54 Å². The van der Waals surface area contributed by atoms with E-state index in [2.05, 4.69) is 21.2 Å². The molecule has 0 fully saturated rings. The number of benzene rings is 2. The van der Waals surface area contributed by atoms with Crippen LogP contribution in [0.1, 0.15) is 11.1 Å². The lowest BCUT2D eigenvalue weighted by atomic mass is 10.2. The van der Waals surface area contributed by atoms with Crippen LogP contribution in [0.5, 0.6) is 5.75 Å². The van der Waals surface area contributed by atoms with Gasteiger partial charge in [0.05, 0.1) is 7.11 Å². The molecule has 0 saturated heterocycles. The number of hydrogen-bond donors (Lipinski definition) is 1. The number of methoxy groups -OCH3 is 1. The van der Waals surface area contributed by atoms with Gasteiger partial charge in [0.1, 0.15) is 11.6 Å². The molecule has 0 aromatic heterocycles. The Morgan fingerprint density at radius 2 is 2.00 bits per heavy atom. The minimum Gasteiger partial charge on any atom is -0.497 e. The smallest absolute Gasteiger partial charge is 0.131 e. The molecular formula is C15H15BrFNO. The molecule has 19 heavy (non-hydrogen) atoms. The van der Waals surface area contributed by atoms with Crippen LogP contribution in [0.2, 0.25) is 0 Å². The molecule has 2 aromatic rings. The van der Waals surface area contributed by atoms with E-state index in [0.717, 1.165) is 10.2 Å². The molecule has 0 saturated carbocycles. The fourth-order valence-corrected chi connectivity index (χ4v) is 2.39. The Morgan fingerprint density at radius 3 is 2.63 bits per heavy atom. The molecule has 0 unspecified atom stereocenters. The summed E-state index contributed by atoms with van der Waals surface area (Å²) in [4.78, 5) is 0. The highest BCUT2D eigenvalue weighted by atomic mass is 79.9. The van der Waals surface area contributed by atoms with Gasteiger partial charge < -0.3 is 10.1 Å². The monoisotopic (exact) mass is 323 g/mol. The zero-order chi connectivity index (χ0) is 13.8. The molecule has 0 amide bonds. The van der Waals surface area contributed by atoms with Crippen LogP contribution in [-0.4, -0.2) is 7.11 Å². The third-order valence-corrected chi connectivity index (χ3v) is 3.51. The first-order valence-electron chi connectivity index (χ1n) is 5.92. The maximum atomic E-state index is 13.8. The van der Waals surface area contributed by atoms with Gasteiger partial charge >= 0.3 is 0 Å². The van der Waals surface area contributed by atoms with E-state index < -0.39 is 0 Å². The van der Waals surface area contributed by atoms with Gasteiger partial charge in [-0.05, 0) is 46.6 Å². The van der Waals surface area contributed by atoms with Crippen molar-refractivity contribution >= 4 is 21.6 Å². The zero-order valence-corrected chi connectivity index (χ0v) is 12.4. The predicted molar refractivity (Wildman–Crippen MR) is 79.2 cm³/mol. The minimum absolute atomic E-state index is 0.268. The Morgan fingerprint density at radius 1 is 1.21 bits per heavy atom. The van der Waals surface area contributed by atoms with Gasteiger partial charge in [0.25, 0.3) is 0 Å². The number of ether oxygens (including phenoxy) is 1. The highest BCUT2D eigenvalue weighted by Crippen LogP contribution is 2.24. The van der Waals surface area contributed by atoms with Crippen molar-refractivity contribution in [1.29, 1.82) is 0 Å². The van der Waals surface area contributed by atoms with Gasteiger partial charge in [-0.3, -0.25) is 0 Å². The van der Waals surface area contributed by atoms with E-state index in [9.17, 15) is 4.39 Å². The first kappa shape index (κ1) is 13.9. The predicted octanol–water partition coefficient (Wildman–Crippen LogP) is 4.52. The first-order chi connectivity index (χ1) is 9.10. The Kier molecular flexibility index (Phi) is 4.43. The maximum absolute atomic E-state index is 13.8. The molecule has 0 atom stereocenters. The molecule has 0 heterocycles. The number of aryl methyl sites for hydroxylation is 1. The van der Waals surface area contributed by atoms with Crippen molar-refractivity contribution in [2.75, 3.05) is 12.4 Å². The molecule has 0 aliphatic carbocycles. The lowest BCUT2D eigenvalue weighted by molar-refractivity contribution is 0.411. The summed E-state index contributed by atoms with van der Waals surface area (Å²) >= 11 is 3.49. The van der Waals surface area contributed by atoms with Gasteiger partial charge in [0, 0.05) is 28.3 Å². The van der Waals surface area contributed by atoms with E-state index in [1.165, 1.54) is 18.7 Å². The quantitative estimate of drug-likeness (QED) is 0.893. The summed E-state index contributed by atoms with van der Waals surface area (Å²) in [6, 6.07) is 10.9. The fourth-order valence-electron chi connectivity index (χ4n) is 1.75. The number of hydrogen-bond acceptors (Lipinski definition) is 2. The van der Waals surface area contributed by atoms with Crippen molar-refractivity contribution in [2.45, 2.75) is 13.5 Å². The van der Waals surface area contributed by atoms with Crippen molar-refractivity contribution in [2.24, 2.45) is 0 Å². The summed E-state index contributed by atoms with van der Waals surface area (Å²) in [7, 11) is 1.52. The molecule has 2 rings (SSSR count). The average Bonchev–Trinajstić information content (AvgIpc) is 2.39. The Labute approximate surface area is 120 Å². The van der Waals surface area contributed by atoms with Crippen molar-refractivity contribution < 1.29 is 9.13 Å². The first-order valence-corrected chi connectivity index (χ1v) is 6.72. The molecular weight excluding hydrogens is 309 g/mol.